The van der Waals surface area contributed by atoms with Crippen molar-refractivity contribution in [1.82, 2.24) is 29.7 Å². The molecule has 1 aromatic carbocycles. The largest absolute Gasteiger partial charge is 0.356 e. The van der Waals surface area contributed by atoms with Gasteiger partial charge in [-0.25, -0.2) is 0 Å². The first-order chi connectivity index (χ1) is 12.7. The van der Waals surface area contributed by atoms with Crippen molar-refractivity contribution in [3.8, 4) is 0 Å². The van der Waals surface area contributed by atoms with E-state index < -0.39 is 0 Å². The molecule has 0 saturated carbocycles. The van der Waals surface area contributed by atoms with Crippen LogP contribution in [-0.4, -0.2) is 36.8 Å². The first kappa shape index (κ1) is 16.3. The molecule has 0 saturated heterocycles. The Morgan fingerprint density at radius 1 is 1.19 bits per heavy atom. The van der Waals surface area contributed by atoms with Gasteiger partial charge in [-0.05, 0) is 31.2 Å². The zero-order valence-electron chi connectivity index (χ0n) is 14.6. The predicted octanol–water partition coefficient (Wildman–Crippen LogP) is 2.14. The van der Waals surface area contributed by atoms with Crippen LogP contribution >= 0.6 is 0 Å². The van der Waals surface area contributed by atoms with Crippen LogP contribution in [0.1, 0.15) is 17.8 Å². The molecule has 4 rings (SSSR count). The fraction of sp³-hybridized carbons (Fsp3) is 0.263. The predicted molar refractivity (Wildman–Crippen MR) is 98.8 cm³/mol. The summed E-state index contributed by atoms with van der Waals surface area (Å²) in [4.78, 5) is 12.1. The van der Waals surface area contributed by atoms with Gasteiger partial charge in [0.2, 0.25) is 5.91 Å². The van der Waals surface area contributed by atoms with E-state index in [0.717, 1.165) is 22.4 Å². The second-order valence-corrected chi connectivity index (χ2v) is 6.33. The highest BCUT2D eigenvalue weighted by atomic mass is 16.1. The fourth-order valence-electron chi connectivity index (χ4n) is 3.06. The van der Waals surface area contributed by atoms with Gasteiger partial charge in [0.1, 0.15) is 5.82 Å². The lowest BCUT2D eigenvalue weighted by atomic mass is 10.2. The lowest BCUT2D eigenvalue weighted by molar-refractivity contribution is -0.121. The van der Waals surface area contributed by atoms with Crippen LogP contribution in [0.2, 0.25) is 0 Å². The van der Waals surface area contributed by atoms with Gasteiger partial charge in [0, 0.05) is 31.0 Å². The molecule has 0 atom stereocenters. The minimum absolute atomic E-state index is 0.00887. The van der Waals surface area contributed by atoms with Gasteiger partial charge in [-0.3, -0.25) is 13.9 Å². The molecule has 1 N–H and O–H groups in total. The minimum atomic E-state index is 0.00887. The van der Waals surface area contributed by atoms with E-state index in [9.17, 15) is 4.79 Å². The van der Waals surface area contributed by atoms with E-state index in [-0.39, 0.29) is 5.91 Å². The van der Waals surface area contributed by atoms with Crippen LogP contribution in [0.5, 0.6) is 0 Å². The van der Waals surface area contributed by atoms with E-state index in [0.29, 0.717) is 25.9 Å². The van der Waals surface area contributed by atoms with Crippen LogP contribution in [-0.2, 0) is 17.8 Å². The molecular weight excluding hydrogens is 328 g/mol. The summed E-state index contributed by atoms with van der Waals surface area (Å²) in [6, 6.07) is 12.0. The number of pyridine rings is 1. The van der Waals surface area contributed by atoms with Crippen molar-refractivity contribution in [1.29, 1.82) is 0 Å². The lowest BCUT2D eigenvalue weighted by Gasteiger charge is -2.06. The molecular formula is C19H20N6O. The van der Waals surface area contributed by atoms with E-state index >= 15 is 0 Å². The third-order valence-electron chi connectivity index (χ3n) is 4.40. The van der Waals surface area contributed by atoms with Crippen molar-refractivity contribution in [2.24, 2.45) is 0 Å². The summed E-state index contributed by atoms with van der Waals surface area (Å²) < 4.78 is 3.81. The van der Waals surface area contributed by atoms with Crippen molar-refractivity contribution < 1.29 is 4.79 Å². The smallest absolute Gasteiger partial charge is 0.221 e. The Morgan fingerprint density at radius 2 is 2.12 bits per heavy atom. The summed E-state index contributed by atoms with van der Waals surface area (Å²) in [5.41, 5.74) is 3.07. The molecule has 7 nitrogen and oxygen atoms in total. The summed E-state index contributed by atoms with van der Waals surface area (Å²) in [6.45, 7) is 3.16. The highest BCUT2D eigenvalue weighted by Gasteiger charge is 2.08. The number of amides is 1. The van der Waals surface area contributed by atoms with E-state index in [1.807, 2.05) is 45.7 Å². The van der Waals surface area contributed by atoms with Crippen LogP contribution in [0.25, 0.3) is 16.6 Å². The van der Waals surface area contributed by atoms with Gasteiger partial charge in [-0.15, -0.1) is 10.2 Å². The Hall–Kier alpha value is -3.22. The Morgan fingerprint density at radius 3 is 3.04 bits per heavy atom. The van der Waals surface area contributed by atoms with Gasteiger partial charge in [0.25, 0.3) is 0 Å². The topological polar surface area (TPSA) is 77.1 Å². The number of aryl methyl sites for hydroxylation is 2. The number of nitrogens with zero attached hydrogens (tertiary/aromatic N) is 5. The number of rotatable bonds is 6. The number of aromatic nitrogens is 5. The number of hydrogen-bond donors (Lipinski definition) is 1. The number of benzene rings is 1. The third-order valence-corrected chi connectivity index (χ3v) is 4.40. The van der Waals surface area contributed by atoms with Crippen LogP contribution < -0.4 is 5.32 Å². The first-order valence-electron chi connectivity index (χ1n) is 8.68. The number of nitrogens with one attached hydrogen (secondary N) is 1. The second kappa shape index (κ2) is 6.95. The highest BCUT2D eigenvalue weighted by Crippen LogP contribution is 2.15. The Balaban J connectivity index is 1.30. The lowest BCUT2D eigenvalue weighted by Crippen LogP contribution is -2.27. The summed E-state index contributed by atoms with van der Waals surface area (Å²) >= 11 is 0. The minimum Gasteiger partial charge on any atom is -0.356 e. The molecule has 0 unspecified atom stereocenters. The molecule has 0 bridgehead atoms. The van der Waals surface area contributed by atoms with E-state index in [1.54, 1.807) is 0 Å². The van der Waals surface area contributed by atoms with Gasteiger partial charge >= 0.3 is 0 Å². The summed E-state index contributed by atoms with van der Waals surface area (Å²) in [7, 11) is 0. The first-order valence-corrected chi connectivity index (χ1v) is 8.68. The monoisotopic (exact) mass is 348 g/mol. The molecule has 0 aliphatic heterocycles. The normalized spacial score (nSPS) is 11.3. The molecule has 0 fully saturated rings. The maximum Gasteiger partial charge on any atom is 0.221 e. The zero-order valence-corrected chi connectivity index (χ0v) is 14.6. The van der Waals surface area contributed by atoms with Crippen LogP contribution in [0, 0.1) is 6.92 Å². The maximum atomic E-state index is 12.1. The van der Waals surface area contributed by atoms with Crippen molar-refractivity contribution in [2.75, 3.05) is 6.54 Å². The molecule has 0 spiro atoms. The Kier molecular flexibility index (Phi) is 4.35. The molecule has 132 valence electrons. The molecule has 0 radical (unpaired) electrons. The maximum absolute atomic E-state index is 12.1. The Bertz CT molecular complexity index is 1060. The molecule has 3 aromatic heterocycles. The quantitative estimate of drug-likeness (QED) is 0.579. The SMILES string of the molecule is Cc1ccc2c(cnn2CCC(=O)NCCc2nnc3ccccn23)c1. The Labute approximate surface area is 150 Å². The van der Waals surface area contributed by atoms with Crippen LogP contribution in [0.3, 0.4) is 0 Å². The van der Waals surface area contributed by atoms with E-state index in [2.05, 4.69) is 39.7 Å². The summed E-state index contributed by atoms with van der Waals surface area (Å²) in [6.07, 6.45) is 4.81. The second-order valence-electron chi connectivity index (χ2n) is 6.33. The van der Waals surface area contributed by atoms with Gasteiger partial charge < -0.3 is 5.32 Å². The number of hydrogen-bond acceptors (Lipinski definition) is 4. The molecule has 3 heterocycles. The van der Waals surface area contributed by atoms with Gasteiger partial charge in [-0.2, -0.15) is 5.10 Å². The number of carbonyl (C=O) groups is 1. The highest BCUT2D eigenvalue weighted by molar-refractivity contribution is 5.80. The molecule has 4 aromatic rings. The van der Waals surface area contributed by atoms with E-state index in [4.69, 9.17) is 0 Å². The average Bonchev–Trinajstić information content (AvgIpc) is 3.24. The molecule has 0 aliphatic carbocycles. The molecule has 1 amide bonds. The van der Waals surface area contributed by atoms with Gasteiger partial charge in [-0.1, -0.05) is 17.7 Å². The number of fused-ring (bicyclic) bond motifs is 2. The number of carbonyl (C=O) groups excluding carboxylic acids is 1. The van der Waals surface area contributed by atoms with Gasteiger partial charge in [0.15, 0.2) is 5.65 Å². The summed E-state index contributed by atoms with van der Waals surface area (Å²) in [5, 5.41) is 16.7. The summed E-state index contributed by atoms with van der Waals surface area (Å²) in [5.74, 6) is 0.851. The van der Waals surface area contributed by atoms with Crippen molar-refractivity contribution >= 4 is 22.5 Å². The fourth-order valence-corrected chi connectivity index (χ4v) is 3.06. The van der Waals surface area contributed by atoms with Crippen molar-refractivity contribution in [3.05, 3.63) is 60.2 Å². The zero-order chi connectivity index (χ0) is 17.9. The van der Waals surface area contributed by atoms with E-state index in [1.165, 1.54) is 5.56 Å². The van der Waals surface area contributed by atoms with Crippen molar-refractivity contribution in [2.45, 2.75) is 26.3 Å². The average molecular weight is 348 g/mol. The molecule has 0 aliphatic rings. The van der Waals surface area contributed by atoms with Crippen LogP contribution in [0.4, 0.5) is 0 Å². The molecule has 7 heteroatoms. The third kappa shape index (κ3) is 3.28. The van der Waals surface area contributed by atoms with Gasteiger partial charge in [0.05, 0.1) is 18.3 Å². The molecule has 26 heavy (non-hydrogen) atoms. The van der Waals surface area contributed by atoms with Crippen molar-refractivity contribution in [3.63, 3.8) is 0 Å². The standard InChI is InChI=1S/C19H20N6O/c1-14-5-6-16-15(12-14)13-21-25(16)11-8-19(26)20-9-7-18-23-22-17-4-2-3-10-24(17)18/h2-6,10,12-13H,7-9,11H2,1H3,(H,20,26). The van der Waals surface area contributed by atoms with Crippen LogP contribution in [0.15, 0.2) is 48.8 Å².